The molecule has 200 valence electrons. The summed E-state index contributed by atoms with van der Waals surface area (Å²) in [6.45, 7) is 0.527. The highest BCUT2D eigenvalue weighted by molar-refractivity contribution is 6.04. The first-order valence-electron chi connectivity index (χ1n) is 12.9. The fraction of sp³-hybridized carbons (Fsp3) is 0.121. The van der Waals surface area contributed by atoms with Crippen molar-refractivity contribution in [2.45, 2.75) is 18.9 Å². The van der Waals surface area contributed by atoms with Crippen LogP contribution in [0.5, 0.6) is 5.75 Å². The van der Waals surface area contributed by atoms with Crippen LogP contribution in [0.3, 0.4) is 0 Å². The SMILES string of the molecule is COc1ccc(C(=O)N/N=C(/CC(C(=O)O)c2cc3ccccc3n2Cc2ccccc2)c2ccccc2)cc1. The fourth-order valence-corrected chi connectivity index (χ4v) is 4.76. The largest absolute Gasteiger partial charge is 0.497 e. The number of hydrogen-bond acceptors (Lipinski definition) is 4. The lowest BCUT2D eigenvalue weighted by Gasteiger charge is -2.18. The first-order chi connectivity index (χ1) is 19.5. The Morgan fingerprint density at radius 2 is 1.50 bits per heavy atom. The van der Waals surface area contributed by atoms with Crippen molar-refractivity contribution < 1.29 is 19.4 Å². The molecule has 5 aromatic rings. The molecule has 0 aliphatic carbocycles. The maximum absolute atomic E-state index is 12.9. The number of nitrogens with one attached hydrogen (secondary N) is 1. The Kier molecular flexibility index (Phi) is 8.02. The van der Waals surface area contributed by atoms with E-state index in [1.165, 1.54) is 0 Å². The number of carbonyl (C=O) groups excluding carboxylic acids is 1. The predicted molar refractivity (Wildman–Crippen MR) is 156 cm³/mol. The molecule has 0 bridgehead atoms. The third-order valence-corrected chi connectivity index (χ3v) is 6.83. The van der Waals surface area contributed by atoms with Crippen LogP contribution in [0.25, 0.3) is 10.9 Å². The summed E-state index contributed by atoms with van der Waals surface area (Å²) in [5, 5.41) is 15.9. The van der Waals surface area contributed by atoms with Crippen LogP contribution >= 0.6 is 0 Å². The van der Waals surface area contributed by atoms with E-state index in [9.17, 15) is 14.7 Å². The number of carbonyl (C=O) groups is 2. The maximum atomic E-state index is 12.9. The number of fused-ring (bicyclic) bond motifs is 1. The normalized spacial score (nSPS) is 12.2. The number of hydrazone groups is 1. The number of ether oxygens (including phenoxy) is 1. The lowest BCUT2D eigenvalue weighted by Crippen LogP contribution is -2.24. The average Bonchev–Trinajstić information content (AvgIpc) is 3.35. The number of para-hydroxylation sites is 1. The molecule has 0 saturated carbocycles. The van der Waals surface area contributed by atoms with Crippen LogP contribution in [-0.4, -0.2) is 34.4 Å². The zero-order valence-electron chi connectivity index (χ0n) is 22.0. The summed E-state index contributed by atoms with van der Waals surface area (Å²) in [5.74, 6) is -1.64. The van der Waals surface area contributed by atoms with Gasteiger partial charge in [-0.2, -0.15) is 5.10 Å². The summed E-state index contributed by atoms with van der Waals surface area (Å²) in [5.41, 5.74) is 6.92. The van der Waals surface area contributed by atoms with Gasteiger partial charge < -0.3 is 14.4 Å². The van der Waals surface area contributed by atoms with Crippen molar-refractivity contribution in [3.05, 3.63) is 138 Å². The van der Waals surface area contributed by atoms with E-state index in [0.717, 1.165) is 22.0 Å². The zero-order valence-corrected chi connectivity index (χ0v) is 22.0. The van der Waals surface area contributed by atoms with Crippen LogP contribution in [0, 0.1) is 0 Å². The summed E-state index contributed by atoms with van der Waals surface area (Å²) in [6.07, 6.45) is 0.0767. The van der Waals surface area contributed by atoms with Crippen molar-refractivity contribution in [1.82, 2.24) is 9.99 Å². The number of rotatable bonds is 10. The highest BCUT2D eigenvalue weighted by Crippen LogP contribution is 2.30. The van der Waals surface area contributed by atoms with E-state index in [-0.39, 0.29) is 6.42 Å². The Bertz CT molecular complexity index is 1640. The van der Waals surface area contributed by atoms with Gasteiger partial charge in [-0.1, -0.05) is 78.9 Å². The smallest absolute Gasteiger partial charge is 0.312 e. The summed E-state index contributed by atoms with van der Waals surface area (Å²) >= 11 is 0. The monoisotopic (exact) mass is 531 g/mol. The molecule has 1 aromatic heterocycles. The molecule has 1 atom stereocenters. The summed E-state index contributed by atoms with van der Waals surface area (Å²) in [6, 6.07) is 35.8. The van der Waals surface area contributed by atoms with E-state index in [1.807, 2.05) is 91.0 Å². The van der Waals surface area contributed by atoms with Crippen LogP contribution in [-0.2, 0) is 11.3 Å². The van der Waals surface area contributed by atoms with Gasteiger partial charge in [0.05, 0.1) is 12.8 Å². The molecule has 5 rings (SSSR count). The number of carboxylic acid groups (broad SMARTS) is 1. The molecule has 0 aliphatic rings. The molecule has 0 saturated heterocycles. The molecule has 2 N–H and O–H groups in total. The molecule has 4 aromatic carbocycles. The molecule has 40 heavy (non-hydrogen) atoms. The minimum Gasteiger partial charge on any atom is -0.497 e. The van der Waals surface area contributed by atoms with Crippen LogP contribution < -0.4 is 10.2 Å². The standard InChI is InChI=1S/C33H29N3O4/c1-40-27-18-16-25(17-19-27)32(37)35-34-29(24-12-6-3-7-13-24)21-28(33(38)39)31-20-26-14-8-9-15-30(26)36(31)22-23-10-4-2-5-11-23/h2-20,28H,21-22H2,1H3,(H,35,37)(H,38,39)/b34-29-. The Balaban J connectivity index is 1.51. The zero-order chi connectivity index (χ0) is 27.9. The molecule has 1 unspecified atom stereocenters. The first kappa shape index (κ1) is 26.4. The van der Waals surface area contributed by atoms with Gasteiger partial charge in [-0.25, -0.2) is 5.43 Å². The lowest BCUT2D eigenvalue weighted by atomic mass is 9.94. The van der Waals surface area contributed by atoms with Gasteiger partial charge >= 0.3 is 5.97 Å². The Morgan fingerprint density at radius 3 is 2.17 bits per heavy atom. The second-order valence-electron chi connectivity index (χ2n) is 9.39. The fourth-order valence-electron chi connectivity index (χ4n) is 4.76. The number of hydrogen-bond donors (Lipinski definition) is 2. The van der Waals surface area contributed by atoms with Crippen molar-refractivity contribution in [2.75, 3.05) is 7.11 Å². The number of amides is 1. The van der Waals surface area contributed by atoms with Gasteiger partial charge in [-0.05, 0) is 52.9 Å². The van der Waals surface area contributed by atoms with Crippen LogP contribution in [0.2, 0.25) is 0 Å². The van der Waals surface area contributed by atoms with E-state index >= 15 is 0 Å². The number of carboxylic acids is 1. The third-order valence-electron chi connectivity index (χ3n) is 6.83. The second kappa shape index (κ2) is 12.1. The molecular weight excluding hydrogens is 502 g/mol. The van der Waals surface area contributed by atoms with E-state index in [1.54, 1.807) is 31.4 Å². The molecule has 0 fully saturated rings. The van der Waals surface area contributed by atoms with Crippen LogP contribution in [0.15, 0.2) is 120 Å². The van der Waals surface area contributed by atoms with E-state index in [0.29, 0.717) is 29.3 Å². The van der Waals surface area contributed by atoms with Crippen molar-refractivity contribution in [3.8, 4) is 5.75 Å². The highest BCUT2D eigenvalue weighted by Gasteiger charge is 2.27. The van der Waals surface area contributed by atoms with E-state index in [2.05, 4.69) is 15.1 Å². The quantitative estimate of drug-likeness (QED) is 0.168. The molecule has 0 aliphatic heterocycles. The number of aliphatic carboxylic acids is 1. The van der Waals surface area contributed by atoms with E-state index < -0.39 is 17.8 Å². The van der Waals surface area contributed by atoms with E-state index in [4.69, 9.17) is 4.74 Å². The minimum absolute atomic E-state index is 0.0767. The second-order valence-corrected chi connectivity index (χ2v) is 9.39. The summed E-state index contributed by atoms with van der Waals surface area (Å²) in [7, 11) is 1.56. The van der Waals surface area contributed by atoms with Gasteiger partial charge in [0.2, 0.25) is 0 Å². The predicted octanol–water partition coefficient (Wildman–Crippen LogP) is 6.09. The van der Waals surface area contributed by atoms with Gasteiger partial charge in [0.15, 0.2) is 0 Å². The average molecular weight is 532 g/mol. The molecule has 0 spiro atoms. The Hall–Kier alpha value is -5.17. The van der Waals surface area contributed by atoms with Gasteiger partial charge in [0.1, 0.15) is 11.7 Å². The highest BCUT2D eigenvalue weighted by atomic mass is 16.5. The molecule has 1 amide bonds. The van der Waals surface area contributed by atoms with Gasteiger partial charge in [0.25, 0.3) is 5.91 Å². The molecular formula is C33H29N3O4. The molecule has 7 nitrogen and oxygen atoms in total. The minimum atomic E-state index is -0.970. The van der Waals surface area contributed by atoms with Crippen molar-refractivity contribution in [2.24, 2.45) is 5.10 Å². The van der Waals surface area contributed by atoms with Crippen molar-refractivity contribution in [1.29, 1.82) is 0 Å². The molecule has 1 heterocycles. The Labute approximate surface area is 232 Å². The van der Waals surface area contributed by atoms with Gasteiger partial charge in [-0.3, -0.25) is 9.59 Å². The topological polar surface area (TPSA) is 92.9 Å². The van der Waals surface area contributed by atoms with Gasteiger partial charge in [-0.15, -0.1) is 0 Å². The maximum Gasteiger partial charge on any atom is 0.312 e. The third kappa shape index (κ3) is 5.94. The van der Waals surface area contributed by atoms with Crippen molar-refractivity contribution in [3.63, 3.8) is 0 Å². The Morgan fingerprint density at radius 1 is 0.850 bits per heavy atom. The van der Waals surface area contributed by atoms with Crippen LogP contribution in [0.4, 0.5) is 0 Å². The number of benzene rings is 4. The first-order valence-corrected chi connectivity index (χ1v) is 12.9. The van der Waals surface area contributed by atoms with Gasteiger partial charge in [0, 0.05) is 29.7 Å². The lowest BCUT2D eigenvalue weighted by molar-refractivity contribution is -0.138. The molecule has 7 heteroatoms. The van der Waals surface area contributed by atoms with Crippen molar-refractivity contribution >= 4 is 28.5 Å². The summed E-state index contributed by atoms with van der Waals surface area (Å²) in [4.78, 5) is 25.7. The number of aromatic nitrogens is 1. The number of nitrogens with zero attached hydrogens (tertiary/aromatic N) is 2. The molecule has 0 radical (unpaired) electrons. The number of methoxy groups -OCH3 is 1. The summed E-state index contributed by atoms with van der Waals surface area (Å²) < 4.78 is 7.22. The van der Waals surface area contributed by atoms with Crippen LogP contribution in [0.1, 0.15) is 39.5 Å².